The predicted octanol–water partition coefficient (Wildman–Crippen LogP) is 2.84. The number of alkyl halides is 2. The lowest BCUT2D eigenvalue weighted by Crippen LogP contribution is -2.33. The maximum Gasteiger partial charge on any atom is 0.304 e. The zero-order valence-electron chi connectivity index (χ0n) is 7.93. The van der Waals surface area contributed by atoms with Crippen LogP contribution in [0.2, 0.25) is 0 Å². The summed E-state index contributed by atoms with van der Waals surface area (Å²) >= 11 is 0. The van der Waals surface area contributed by atoms with Crippen LogP contribution in [-0.2, 0) is 4.79 Å². The molecule has 0 radical (unpaired) electrons. The van der Waals surface area contributed by atoms with Crippen LogP contribution < -0.4 is 0 Å². The number of carboxylic acids is 1. The largest absolute Gasteiger partial charge is 0.481 e. The molecule has 1 saturated carbocycles. The topological polar surface area (TPSA) is 37.3 Å². The molecule has 1 rings (SSSR count). The Morgan fingerprint density at radius 2 is 1.86 bits per heavy atom. The molecule has 0 saturated heterocycles. The van der Waals surface area contributed by atoms with Crippen molar-refractivity contribution in [1.29, 1.82) is 0 Å². The molecule has 0 aromatic carbocycles. The van der Waals surface area contributed by atoms with Gasteiger partial charge in [0.25, 0.3) is 0 Å². The van der Waals surface area contributed by atoms with E-state index in [2.05, 4.69) is 6.58 Å². The maximum absolute atomic E-state index is 12.8. The van der Waals surface area contributed by atoms with Gasteiger partial charge in [0.05, 0.1) is 6.42 Å². The molecule has 1 aliphatic carbocycles. The fourth-order valence-electron chi connectivity index (χ4n) is 1.87. The minimum atomic E-state index is -2.62. The molecule has 1 fully saturated rings. The van der Waals surface area contributed by atoms with Crippen molar-refractivity contribution in [1.82, 2.24) is 0 Å². The second-order valence-electron chi connectivity index (χ2n) is 3.99. The van der Waals surface area contributed by atoms with Gasteiger partial charge in [-0.05, 0) is 18.3 Å². The molecule has 0 heterocycles. The standard InChI is InChI=1S/C10H14F2O2/c1-2-9(7-8(13)14)3-5-10(11,12)6-4-9/h2H,1,3-7H2,(H,13,14). The van der Waals surface area contributed by atoms with E-state index in [0.29, 0.717) is 0 Å². The Morgan fingerprint density at radius 3 is 2.21 bits per heavy atom. The quantitative estimate of drug-likeness (QED) is 0.718. The van der Waals surface area contributed by atoms with Crippen molar-refractivity contribution in [3.8, 4) is 0 Å². The van der Waals surface area contributed by atoms with Gasteiger partial charge in [-0.25, -0.2) is 8.78 Å². The molecule has 14 heavy (non-hydrogen) atoms. The van der Waals surface area contributed by atoms with Gasteiger partial charge in [0.2, 0.25) is 5.92 Å². The normalized spacial score (nSPS) is 24.1. The Bertz CT molecular complexity index is 239. The van der Waals surface area contributed by atoms with E-state index in [1.54, 1.807) is 0 Å². The van der Waals surface area contributed by atoms with Gasteiger partial charge in [-0.1, -0.05) is 6.08 Å². The number of carboxylic acid groups (broad SMARTS) is 1. The highest BCUT2D eigenvalue weighted by Gasteiger charge is 2.42. The van der Waals surface area contributed by atoms with Gasteiger partial charge in [0, 0.05) is 12.8 Å². The van der Waals surface area contributed by atoms with Crippen LogP contribution in [0.15, 0.2) is 12.7 Å². The van der Waals surface area contributed by atoms with Gasteiger partial charge < -0.3 is 5.11 Å². The lowest BCUT2D eigenvalue weighted by molar-refractivity contribution is -0.141. The molecular formula is C10H14F2O2. The first kappa shape index (κ1) is 11.1. The number of carbonyl (C=O) groups is 1. The third-order valence-corrected chi connectivity index (χ3v) is 2.91. The van der Waals surface area contributed by atoms with Crippen LogP contribution in [0.3, 0.4) is 0 Å². The smallest absolute Gasteiger partial charge is 0.304 e. The molecule has 0 bridgehead atoms. The Labute approximate surface area is 81.6 Å². The van der Waals surface area contributed by atoms with Gasteiger partial charge in [-0.3, -0.25) is 4.79 Å². The highest BCUT2D eigenvalue weighted by atomic mass is 19.3. The zero-order valence-corrected chi connectivity index (χ0v) is 7.93. The minimum absolute atomic E-state index is 0.0907. The average Bonchev–Trinajstić information content (AvgIpc) is 2.09. The zero-order chi connectivity index (χ0) is 10.8. The number of allylic oxidation sites excluding steroid dienone is 1. The molecule has 1 N–H and O–H groups in total. The number of rotatable bonds is 3. The lowest BCUT2D eigenvalue weighted by Gasteiger charge is -2.36. The molecule has 0 aliphatic heterocycles. The molecule has 0 aromatic rings. The van der Waals surface area contributed by atoms with Crippen molar-refractivity contribution < 1.29 is 18.7 Å². The Kier molecular flexibility index (Phi) is 2.92. The van der Waals surface area contributed by atoms with Crippen LogP contribution in [-0.4, -0.2) is 17.0 Å². The van der Waals surface area contributed by atoms with E-state index in [1.807, 2.05) is 0 Å². The molecule has 80 valence electrons. The van der Waals surface area contributed by atoms with Crippen molar-refractivity contribution in [2.45, 2.75) is 38.0 Å². The second-order valence-corrected chi connectivity index (χ2v) is 3.99. The summed E-state index contributed by atoms with van der Waals surface area (Å²) in [4.78, 5) is 10.6. The first-order chi connectivity index (χ1) is 6.39. The van der Waals surface area contributed by atoms with Crippen molar-refractivity contribution in [3.63, 3.8) is 0 Å². The number of aliphatic carboxylic acids is 1. The molecular weight excluding hydrogens is 190 g/mol. The van der Waals surface area contributed by atoms with Crippen molar-refractivity contribution >= 4 is 5.97 Å². The Balaban J connectivity index is 2.66. The van der Waals surface area contributed by atoms with Crippen molar-refractivity contribution in [2.75, 3.05) is 0 Å². The summed E-state index contributed by atoms with van der Waals surface area (Å²) in [6.07, 6.45) is 1.41. The van der Waals surface area contributed by atoms with Crippen LogP contribution >= 0.6 is 0 Å². The summed E-state index contributed by atoms with van der Waals surface area (Å²) in [5, 5.41) is 8.66. The lowest BCUT2D eigenvalue weighted by atomic mass is 9.71. The monoisotopic (exact) mass is 204 g/mol. The first-order valence-corrected chi connectivity index (χ1v) is 4.62. The van der Waals surface area contributed by atoms with Gasteiger partial charge in [0.15, 0.2) is 0 Å². The van der Waals surface area contributed by atoms with Crippen molar-refractivity contribution in [3.05, 3.63) is 12.7 Å². The first-order valence-electron chi connectivity index (χ1n) is 4.62. The van der Waals surface area contributed by atoms with Crippen molar-refractivity contribution in [2.24, 2.45) is 5.41 Å². The van der Waals surface area contributed by atoms with E-state index in [9.17, 15) is 13.6 Å². The molecule has 0 amide bonds. The number of hydrogen-bond acceptors (Lipinski definition) is 1. The SMILES string of the molecule is C=CC1(CC(=O)O)CCC(F)(F)CC1. The third-order valence-electron chi connectivity index (χ3n) is 2.91. The number of hydrogen-bond donors (Lipinski definition) is 1. The molecule has 1 aliphatic rings. The average molecular weight is 204 g/mol. The molecule has 0 atom stereocenters. The maximum atomic E-state index is 12.8. The highest BCUT2D eigenvalue weighted by molar-refractivity contribution is 5.68. The third kappa shape index (κ3) is 2.53. The van der Waals surface area contributed by atoms with E-state index >= 15 is 0 Å². The van der Waals surface area contributed by atoms with Crippen LogP contribution in [0.1, 0.15) is 32.1 Å². The van der Waals surface area contributed by atoms with E-state index < -0.39 is 17.3 Å². The van der Waals surface area contributed by atoms with E-state index in [1.165, 1.54) is 6.08 Å². The summed E-state index contributed by atoms with van der Waals surface area (Å²) in [6, 6.07) is 0. The van der Waals surface area contributed by atoms with E-state index in [-0.39, 0.29) is 32.1 Å². The van der Waals surface area contributed by atoms with Crippen LogP contribution in [0, 0.1) is 5.41 Å². The van der Waals surface area contributed by atoms with Crippen LogP contribution in [0.4, 0.5) is 8.78 Å². The Hall–Kier alpha value is -0.930. The molecule has 0 spiro atoms. The molecule has 2 nitrogen and oxygen atoms in total. The predicted molar refractivity (Wildman–Crippen MR) is 48.3 cm³/mol. The molecule has 0 unspecified atom stereocenters. The summed E-state index contributed by atoms with van der Waals surface area (Å²) < 4.78 is 25.7. The highest BCUT2D eigenvalue weighted by Crippen LogP contribution is 2.46. The summed E-state index contributed by atoms with van der Waals surface area (Å²) in [7, 11) is 0. The Morgan fingerprint density at radius 1 is 1.36 bits per heavy atom. The summed E-state index contributed by atoms with van der Waals surface area (Å²) in [5.41, 5.74) is -0.618. The van der Waals surface area contributed by atoms with Crippen LogP contribution in [0.5, 0.6) is 0 Å². The van der Waals surface area contributed by atoms with Gasteiger partial charge in [-0.2, -0.15) is 0 Å². The molecule has 0 aromatic heterocycles. The van der Waals surface area contributed by atoms with E-state index in [4.69, 9.17) is 5.11 Å². The number of halogens is 2. The van der Waals surface area contributed by atoms with Gasteiger partial charge in [-0.15, -0.1) is 6.58 Å². The summed E-state index contributed by atoms with van der Waals surface area (Å²) in [5.74, 6) is -3.57. The van der Waals surface area contributed by atoms with Gasteiger partial charge >= 0.3 is 5.97 Å². The fourth-order valence-corrected chi connectivity index (χ4v) is 1.87. The molecule has 4 heteroatoms. The van der Waals surface area contributed by atoms with Gasteiger partial charge in [0.1, 0.15) is 0 Å². The minimum Gasteiger partial charge on any atom is -0.481 e. The van der Waals surface area contributed by atoms with E-state index in [0.717, 1.165) is 0 Å². The fraction of sp³-hybridized carbons (Fsp3) is 0.700. The van der Waals surface area contributed by atoms with Crippen LogP contribution in [0.25, 0.3) is 0 Å². The second kappa shape index (κ2) is 3.67. The summed E-state index contributed by atoms with van der Waals surface area (Å²) in [6.45, 7) is 3.55.